The molecule has 0 aromatic heterocycles. The topological polar surface area (TPSA) is 76.2 Å². The molecule has 0 aliphatic heterocycles. The third kappa shape index (κ3) is 4.96. The molecule has 0 spiro atoms. The van der Waals surface area contributed by atoms with Crippen molar-refractivity contribution in [1.29, 1.82) is 5.26 Å². The van der Waals surface area contributed by atoms with Gasteiger partial charge in [0, 0.05) is 21.3 Å². The van der Waals surface area contributed by atoms with Crippen LogP contribution in [0.25, 0.3) is 11.6 Å². The summed E-state index contributed by atoms with van der Waals surface area (Å²) in [6, 6.07) is 23.6. The number of hydrogen-bond donors (Lipinski definition) is 0. The summed E-state index contributed by atoms with van der Waals surface area (Å²) in [6.45, 7) is 0.403. The van der Waals surface area contributed by atoms with Gasteiger partial charge in [0.25, 0.3) is 5.69 Å². The van der Waals surface area contributed by atoms with Gasteiger partial charge in [-0.1, -0.05) is 42.5 Å². The first kappa shape index (κ1) is 19.6. The van der Waals surface area contributed by atoms with E-state index in [0.29, 0.717) is 23.5 Å². The molecule has 6 heteroatoms. The molecule has 0 N–H and O–H groups in total. The van der Waals surface area contributed by atoms with Crippen LogP contribution >= 0.6 is 22.6 Å². The van der Waals surface area contributed by atoms with Gasteiger partial charge in [-0.05, 0) is 58.0 Å². The highest BCUT2D eigenvalue weighted by Crippen LogP contribution is 2.27. The number of para-hydroxylation sites is 1. The summed E-state index contributed by atoms with van der Waals surface area (Å²) in [6.07, 6.45) is 1.68. The minimum absolute atomic E-state index is 0.0538. The van der Waals surface area contributed by atoms with Crippen molar-refractivity contribution in [1.82, 2.24) is 0 Å². The van der Waals surface area contributed by atoms with Gasteiger partial charge >= 0.3 is 0 Å². The van der Waals surface area contributed by atoms with E-state index in [1.165, 1.54) is 12.1 Å². The molecule has 0 atom stereocenters. The Balaban J connectivity index is 1.88. The standard InChI is InChI=1S/C22H15IN2O3/c23-20-10-8-16(9-11-20)15-28-22-7-2-1-4-18(22)12-19(14-24)17-5-3-6-21(13-17)25(26)27/h1-13H,15H2/b19-12-. The number of nitro benzene ring substituents is 1. The molecule has 3 aromatic rings. The lowest BCUT2D eigenvalue weighted by Crippen LogP contribution is -1.97. The average molecular weight is 482 g/mol. The van der Waals surface area contributed by atoms with E-state index < -0.39 is 4.92 Å². The van der Waals surface area contributed by atoms with Gasteiger partial charge < -0.3 is 4.74 Å². The van der Waals surface area contributed by atoms with Crippen molar-refractivity contribution in [2.75, 3.05) is 0 Å². The fourth-order valence-corrected chi connectivity index (χ4v) is 2.96. The molecule has 138 valence electrons. The van der Waals surface area contributed by atoms with E-state index in [0.717, 1.165) is 14.7 Å². The minimum atomic E-state index is -0.476. The quantitative estimate of drug-likeness (QED) is 0.145. The van der Waals surface area contributed by atoms with Crippen LogP contribution in [-0.4, -0.2) is 4.92 Å². The lowest BCUT2D eigenvalue weighted by Gasteiger charge is -2.10. The first-order valence-corrected chi connectivity index (χ1v) is 9.47. The monoisotopic (exact) mass is 482 g/mol. The van der Waals surface area contributed by atoms with Crippen LogP contribution in [-0.2, 0) is 6.61 Å². The number of non-ortho nitro benzene ring substituents is 1. The van der Waals surface area contributed by atoms with Crippen LogP contribution in [0.4, 0.5) is 5.69 Å². The predicted molar refractivity (Wildman–Crippen MR) is 117 cm³/mol. The van der Waals surface area contributed by atoms with Gasteiger partial charge in [0.05, 0.1) is 16.6 Å². The highest BCUT2D eigenvalue weighted by Gasteiger charge is 2.10. The first-order valence-electron chi connectivity index (χ1n) is 8.40. The van der Waals surface area contributed by atoms with E-state index in [2.05, 4.69) is 28.7 Å². The molecule has 28 heavy (non-hydrogen) atoms. The zero-order valence-corrected chi connectivity index (χ0v) is 16.9. The number of halogens is 1. The molecule has 0 aliphatic carbocycles. The fraction of sp³-hybridized carbons (Fsp3) is 0.0455. The number of ether oxygens (including phenoxy) is 1. The molecular formula is C22H15IN2O3. The molecule has 0 saturated carbocycles. The van der Waals surface area contributed by atoms with E-state index in [1.807, 2.05) is 48.5 Å². The van der Waals surface area contributed by atoms with Gasteiger partial charge in [-0.25, -0.2) is 0 Å². The van der Waals surface area contributed by atoms with Crippen molar-refractivity contribution in [3.63, 3.8) is 0 Å². The van der Waals surface area contributed by atoms with Crippen molar-refractivity contribution in [3.05, 3.63) is 103 Å². The number of benzene rings is 3. The third-order valence-corrected chi connectivity index (χ3v) is 4.73. The van der Waals surface area contributed by atoms with E-state index in [4.69, 9.17) is 4.74 Å². The Hall–Kier alpha value is -3.18. The molecule has 5 nitrogen and oxygen atoms in total. The molecule has 0 fully saturated rings. The molecule has 0 aliphatic rings. The van der Waals surface area contributed by atoms with Gasteiger partial charge in [-0.15, -0.1) is 0 Å². The Labute approximate surface area is 176 Å². The molecule has 0 unspecified atom stereocenters. The van der Waals surface area contributed by atoms with Crippen molar-refractivity contribution in [3.8, 4) is 11.8 Å². The molecule has 0 amide bonds. The fourth-order valence-electron chi connectivity index (χ4n) is 2.60. The largest absolute Gasteiger partial charge is 0.488 e. The summed E-state index contributed by atoms with van der Waals surface area (Å²) in [5.41, 5.74) is 2.54. The maximum Gasteiger partial charge on any atom is 0.270 e. The number of nitriles is 1. The van der Waals surface area contributed by atoms with E-state index >= 15 is 0 Å². The zero-order valence-electron chi connectivity index (χ0n) is 14.7. The second-order valence-electron chi connectivity index (χ2n) is 5.93. The van der Waals surface area contributed by atoms with Crippen LogP contribution in [0.3, 0.4) is 0 Å². The lowest BCUT2D eigenvalue weighted by molar-refractivity contribution is -0.384. The molecule has 3 rings (SSSR count). The van der Waals surface area contributed by atoms with Crippen LogP contribution < -0.4 is 4.74 Å². The van der Waals surface area contributed by atoms with Gasteiger partial charge in [-0.3, -0.25) is 10.1 Å². The number of nitrogens with zero attached hydrogens (tertiary/aromatic N) is 2. The minimum Gasteiger partial charge on any atom is -0.488 e. The normalized spacial score (nSPS) is 10.9. The van der Waals surface area contributed by atoms with Gasteiger partial charge in [-0.2, -0.15) is 5.26 Å². The number of hydrogen-bond acceptors (Lipinski definition) is 4. The maximum absolute atomic E-state index is 11.0. The maximum atomic E-state index is 11.0. The summed E-state index contributed by atoms with van der Waals surface area (Å²) < 4.78 is 7.09. The van der Waals surface area contributed by atoms with Crippen molar-refractivity contribution in [2.45, 2.75) is 6.61 Å². The van der Waals surface area contributed by atoms with E-state index in [1.54, 1.807) is 18.2 Å². The Morgan fingerprint density at radius 3 is 2.57 bits per heavy atom. The number of allylic oxidation sites excluding steroid dienone is 1. The van der Waals surface area contributed by atoms with Gasteiger partial charge in [0.2, 0.25) is 0 Å². The third-order valence-electron chi connectivity index (χ3n) is 4.01. The predicted octanol–water partition coefficient (Wildman–Crippen LogP) is 5.84. The Kier molecular flexibility index (Phi) is 6.40. The summed E-state index contributed by atoms with van der Waals surface area (Å²) in [5, 5.41) is 20.6. The van der Waals surface area contributed by atoms with Crippen LogP contribution in [0.15, 0.2) is 72.8 Å². The molecular weight excluding hydrogens is 467 g/mol. The molecule has 0 heterocycles. The van der Waals surface area contributed by atoms with Crippen molar-refractivity contribution in [2.24, 2.45) is 0 Å². The van der Waals surface area contributed by atoms with Crippen LogP contribution in [0, 0.1) is 25.0 Å². The highest BCUT2D eigenvalue weighted by atomic mass is 127. The summed E-state index contributed by atoms with van der Waals surface area (Å²) in [5.74, 6) is 0.638. The van der Waals surface area contributed by atoms with E-state index in [-0.39, 0.29) is 5.69 Å². The summed E-state index contributed by atoms with van der Waals surface area (Å²) in [7, 11) is 0. The highest BCUT2D eigenvalue weighted by molar-refractivity contribution is 14.1. The smallest absolute Gasteiger partial charge is 0.270 e. The second-order valence-corrected chi connectivity index (χ2v) is 7.18. The lowest BCUT2D eigenvalue weighted by atomic mass is 10.0. The summed E-state index contributed by atoms with van der Waals surface area (Å²) >= 11 is 2.25. The second kappa shape index (κ2) is 9.15. The Bertz CT molecular complexity index is 1070. The van der Waals surface area contributed by atoms with Gasteiger partial charge in [0.15, 0.2) is 0 Å². The first-order chi connectivity index (χ1) is 13.6. The zero-order chi connectivity index (χ0) is 19.9. The number of nitro groups is 1. The van der Waals surface area contributed by atoms with Crippen molar-refractivity contribution < 1.29 is 9.66 Å². The van der Waals surface area contributed by atoms with Crippen molar-refractivity contribution >= 4 is 39.9 Å². The van der Waals surface area contributed by atoms with Crippen LogP contribution in [0.2, 0.25) is 0 Å². The molecule has 3 aromatic carbocycles. The van der Waals surface area contributed by atoms with E-state index in [9.17, 15) is 15.4 Å². The van der Waals surface area contributed by atoms with Crippen LogP contribution in [0.5, 0.6) is 5.75 Å². The Morgan fingerprint density at radius 2 is 1.86 bits per heavy atom. The molecule has 0 radical (unpaired) electrons. The van der Waals surface area contributed by atoms with Crippen LogP contribution in [0.1, 0.15) is 16.7 Å². The Morgan fingerprint density at radius 1 is 1.11 bits per heavy atom. The summed E-state index contributed by atoms with van der Waals surface area (Å²) in [4.78, 5) is 10.5. The molecule has 0 saturated heterocycles. The molecule has 0 bridgehead atoms. The SMILES string of the molecule is N#C/C(=C/c1ccccc1OCc1ccc(I)cc1)c1cccc([N+](=O)[O-])c1. The van der Waals surface area contributed by atoms with Gasteiger partial charge in [0.1, 0.15) is 12.4 Å². The average Bonchev–Trinajstić information content (AvgIpc) is 2.72. The number of rotatable bonds is 6.